The lowest BCUT2D eigenvalue weighted by molar-refractivity contribution is -0.140. The van der Waals surface area contributed by atoms with Crippen LogP contribution in [0.25, 0.3) is 0 Å². The molecule has 1 aliphatic heterocycles. The number of amides is 1. The van der Waals surface area contributed by atoms with Gasteiger partial charge in [0.25, 0.3) is 5.91 Å². The third kappa shape index (κ3) is 6.06. The molecule has 7 nitrogen and oxygen atoms in total. The number of hydrogen-bond acceptors (Lipinski definition) is 5. The maximum atomic E-state index is 13.1. The third-order valence-electron chi connectivity index (χ3n) is 6.58. The summed E-state index contributed by atoms with van der Waals surface area (Å²) in [6.07, 6.45) is 0.508. The van der Waals surface area contributed by atoms with Gasteiger partial charge < -0.3 is 9.64 Å². The predicted molar refractivity (Wildman–Crippen MR) is 143 cm³/mol. The second-order valence-corrected chi connectivity index (χ2v) is 11.1. The van der Waals surface area contributed by atoms with Gasteiger partial charge in [-0.3, -0.25) is 14.0 Å². The van der Waals surface area contributed by atoms with Gasteiger partial charge in [-0.15, -0.1) is 0 Å². The highest BCUT2D eigenvalue weighted by atomic mass is 32.2. The van der Waals surface area contributed by atoms with Crippen LogP contribution in [0.1, 0.15) is 24.1 Å². The smallest absolute Gasteiger partial charge is 0.263 e. The lowest BCUT2D eigenvalue weighted by atomic mass is 9.96. The Kier molecular flexibility index (Phi) is 7.96. The molecule has 1 atom stereocenters. The van der Waals surface area contributed by atoms with Crippen LogP contribution in [-0.2, 0) is 14.8 Å². The van der Waals surface area contributed by atoms with Crippen molar-refractivity contribution in [1.29, 1.82) is 0 Å². The van der Waals surface area contributed by atoms with Gasteiger partial charge in [0.05, 0.1) is 18.0 Å². The average molecular weight is 508 g/mol. The van der Waals surface area contributed by atoms with Crippen LogP contribution in [-0.4, -0.2) is 69.7 Å². The number of carbonyl (C=O) groups excluding carboxylic acids is 1. The zero-order valence-corrected chi connectivity index (χ0v) is 21.8. The van der Waals surface area contributed by atoms with Crippen LogP contribution in [0.3, 0.4) is 0 Å². The molecule has 1 saturated heterocycles. The van der Waals surface area contributed by atoms with Crippen LogP contribution < -0.4 is 9.04 Å². The Bertz CT molecular complexity index is 1200. The Morgan fingerprint density at radius 2 is 1.33 bits per heavy atom. The van der Waals surface area contributed by atoms with Crippen LogP contribution in [0.2, 0.25) is 0 Å². The molecule has 36 heavy (non-hydrogen) atoms. The molecular formula is C28H33N3O4S. The summed E-state index contributed by atoms with van der Waals surface area (Å²) in [5, 5.41) is 0. The van der Waals surface area contributed by atoms with Crippen molar-refractivity contribution in [1.82, 2.24) is 9.80 Å². The first-order valence-corrected chi connectivity index (χ1v) is 13.9. The van der Waals surface area contributed by atoms with Gasteiger partial charge in [0, 0.05) is 33.2 Å². The molecular weight excluding hydrogens is 474 g/mol. The lowest BCUT2D eigenvalue weighted by Gasteiger charge is -2.40. The van der Waals surface area contributed by atoms with Gasteiger partial charge in [0.2, 0.25) is 10.0 Å². The van der Waals surface area contributed by atoms with Crippen molar-refractivity contribution in [2.24, 2.45) is 0 Å². The number of piperazine rings is 1. The van der Waals surface area contributed by atoms with E-state index in [0.29, 0.717) is 24.5 Å². The Morgan fingerprint density at radius 3 is 1.81 bits per heavy atom. The van der Waals surface area contributed by atoms with Crippen molar-refractivity contribution in [2.75, 3.05) is 43.8 Å². The highest BCUT2D eigenvalue weighted by Crippen LogP contribution is 2.29. The fourth-order valence-corrected chi connectivity index (χ4v) is 5.03. The maximum Gasteiger partial charge on any atom is 0.263 e. The normalized spacial score (nSPS) is 15.5. The van der Waals surface area contributed by atoms with E-state index in [0.717, 1.165) is 19.3 Å². The van der Waals surface area contributed by atoms with E-state index >= 15 is 0 Å². The fraction of sp³-hybridized carbons (Fsp3) is 0.321. The molecule has 0 spiro atoms. The fourth-order valence-electron chi connectivity index (χ4n) is 4.52. The number of rotatable bonds is 8. The van der Waals surface area contributed by atoms with Crippen LogP contribution in [0.15, 0.2) is 84.9 Å². The van der Waals surface area contributed by atoms with Gasteiger partial charge in [-0.2, -0.15) is 0 Å². The molecule has 0 bridgehead atoms. The molecule has 0 radical (unpaired) electrons. The monoisotopic (exact) mass is 507 g/mol. The predicted octanol–water partition coefficient (Wildman–Crippen LogP) is 3.78. The number of anilines is 1. The molecule has 1 heterocycles. The number of ether oxygens (including phenoxy) is 1. The molecule has 1 aliphatic rings. The molecule has 190 valence electrons. The van der Waals surface area contributed by atoms with E-state index in [-0.39, 0.29) is 11.9 Å². The van der Waals surface area contributed by atoms with E-state index in [1.807, 2.05) is 17.0 Å². The molecule has 0 N–H and O–H groups in total. The van der Waals surface area contributed by atoms with Crippen LogP contribution in [0.5, 0.6) is 5.75 Å². The van der Waals surface area contributed by atoms with Gasteiger partial charge >= 0.3 is 0 Å². The van der Waals surface area contributed by atoms with E-state index in [9.17, 15) is 13.2 Å². The van der Waals surface area contributed by atoms with Gasteiger partial charge in [0.1, 0.15) is 5.75 Å². The van der Waals surface area contributed by atoms with Crippen molar-refractivity contribution >= 4 is 21.6 Å². The highest BCUT2D eigenvalue weighted by Gasteiger charge is 2.30. The van der Waals surface area contributed by atoms with Gasteiger partial charge in [-0.1, -0.05) is 60.7 Å². The molecule has 8 heteroatoms. The van der Waals surface area contributed by atoms with E-state index in [1.165, 1.54) is 22.5 Å². The SMILES string of the molecule is C[C@H](Oc1ccc(N(C)S(C)(=O)=O)cc1)C(=O)N1CCN(C(c2ccccc2)c2ccccc2)CC1. The largest absolute Gasteiger partial charge is 0.481 e. The summed E-state index contributed by atoms with van der Waals surface area (Å²) in [4.78, 5) is 17.4. The number of nitrogens with zero attached hydrogens (tertiary/aromatic N) is 3. The van der Waals surface area contributed by atoms with Crippen molar-refractivity contribution in [3.8, 4) is 5.75 Å². The lowest BCUT2D eigenvalue weighted by Crippen LogP contribution is -2.52. The summed E-state index contributed by atoms with van der Waals surface area (Å²) in [6.45, 7) is 4.53. The first-order chi connectivity index (χ1) is 17.2. The Balaban J connectivity index is 1.38. The first-order valence-electron chi connectivity index (χ1n) is 12.1. The molecule has 1 fully saturated rings. The molecule has 3 aromatic rings. The van der Waals surface area contributed by atoms with Crippen LogP contribution >= 0.6 is 0 Å². The summed E-state index contributed by atoms with van der Waals surface area (Å²) < 4.78 is 30.5. The minimum absolute atomic E-state index is 0.0528. The summed E-state index contributed by atoms with van der Waals surface area (Å²) in [5.41, 5.74) is 3.02. The standard InChI is InChI=1S/C28H33N3O4S/c1-22(35-26-16-14-25(15-17-26)29(2)36(3,33)34)28(32)31-20-18-30(19-21-31)27(23-10-6-4-7-11-23)24-12-8-5-9-13-24/h4-17,22,27H,18-21H2,1-3H3/t22-/m0/s1. The molecule has 0 aromatic heterocycles. The third-order valence-corrected chi connectivity index (χ3v) is 7.79. The van der Waals surface area contributed by atoms with Gasteiger partial charge in [0.15, 0.2) is 6.10 Å². The second-order valence-electron chi connectivity index (χ2n) is 9.07. The zero-order valence-electron chi connectivity index (χ0n) is 20.9. The van der Waals surface area contributed by atoms with E-state index in [2.05, 4.69) is 53.4 Å². The molecule has 3 aromatic carbocycles. The topological polar surface area (TPSA) is 70.2 Å². The Morgan fingerprint density at radius 1 is 0.833 bits per heavy atom. The minimum Gasteiger partial charge on any atom is -0.481 e. The number of benzene rings is 3. The van der Waals surface area contributed by atoms with Crippen molar-refractivity contribution in [3.63, 3.8) is 0 Å². The number of sulfonamides is 1. The maximum absolute atomic E-state index is 13.1. The molecule has 0 aliphatic carbocycles. The van der Waals surface area contributed by atoms with Crippen LogP contribution in [0.4, 0.5) is 5.69 Å². The number of carbonyl (C=O) groups is 1. The molecule has 0 saturated carbocycles. The van der Waals surface area contributed by atoms with Gasteiger partial charge in [-0.25, -0.2) is 8.42 Å². The first kappa shape index (κ1) is 25.7. The zero-order chi connectivity index (χ0) is 25.7. The average Bonchev–Trinajstić information content (AvgIpc) is 2.89. The summed E-state index contributed by atoms with van der Waals surface area (Å²) >= 11 is 0. The molecule has 0 unspecified atom stereocenters. The Hall–Kier alpha value is -3.36. The van der Waals surface area contributed by atoms with E-state index in [1.54, 1.807) is 31.2 Å². The highest BCUT2D eigenvalue weighted by molar-refractivity contribution is 7.92. The summed E-state index contributed by atoms with van der Waals surface area (Å²) in [6, 6.07) is 27.8. The van der Waals surface area contributed by atoms with Crippen molar-refractivity contribution in [2.45, 2.75) is 19.1 Å². The van der Waals surface area contributed by atoms with Gasteiger partial charge in [-0.05, 0) is 42.3 Å². The van der Waals surface area contributed by atoms with Crippen molar-refractivity contribution in [3.05, 3.63) is 96.1 Å². The summed E-state index contributed by atoms with van der Waals surface area (Å²) in [7, 11) is -1.84. The van der Waals surface area contributed by atoms with Crippen molar-refractivity contribution < 1.29 is 17.9 Å². The second kappa shape index (κ2) is 11.1. The summed E-state index contributed by atoms with van der Waals surface area (Å²) in [5.74, 6) is 0.469. The van der Waals surface area contributed by atoms with Crippen LogP contribution in [0, 0.1) is 0 Å². The molecule has 1 amide bonds. The molecule has 4 rings (SSSR count). The Labute approximate surface area is 214 Å². The number of hydrogen-bond donors (Lipinski definition) is 0. The minimum atomic E-state index is -3.34. The quantitative estimate of drug-likeness (QED) is 0.464. The van der Waals surface area contributed by atoms with E-state index < -0.39 is 16.1 Å². The van der Waals surface area contributed by atoms with E-state index in [4.69, 9.17) is 4.74 Å².